The fourth-order valence-corrected chi connectivity index (χ4v) is 5.30. The molecule has 0 bridgehead atoms. The van der Waals surface area contributed by atoms with Crippen molar-refractivity contribution in [2.75, 3.05) is 26.7 Å². The van der Waals surface area contributed by atoms with Gasteiger partial charge in [0.2, 0.25) is 5.88 Å². The van der Waals surface area contributed by atoms with Gasteiger partial charge in [-0.1, -0.05) is 90.4 Å². The van der Waals surface area contributed by atoms with Gasteiger partial charge in [0.1, 0.15) is 5.60 Å². The highest BCUT2D eigenvalue weighted by Gasteiger charge is 2.42. The lowest BCUT2D eigenvalue weighted by molar-refractivity contribution is 0.00112. The summed E-state index contributed by atoms with van der Waals surface area (Å²) < 4.78 is 6.83. The molecule has 0 fully saturated rings. The van der Waals surface area contributed by atoms with E-state index in [-0.39, 0.29) is 5.92 Å². The lowest BCUT2D eigenvalue weighted by Gasteiger charge is -2.39. The maximum absolute atomic E-state index is 12.7. The molecule has 0 aliphatic heterocycles. The van der Waals surface area contributed by atoms with Gasteiger partial charge in [-0.3, -0.25) is 0 Å². The van der Waals surface area contributed by atoms with Crippen molar-refractivity contribution in [3.8, 4) is 5.88 Å². The summed E-state index contributed by atoms with van der Waals surface area (Å²) in [4.78, 5) is 7.20. The van der Waals surface area contributed by atoms with E-state index in [0.29, 0.717) is 12.3 Å². The normalized spacial score (nSPS) is 14.1. The fraction of sp³-hybridized carbons (Fsp3) is 0.300. The molecule has 4 aromatic rings. The Kier molecular flexibility index (Phi) is 8.22. The molecule has 1 aromatic heterocycles. The van der Waals surface area contributed by atoms with E-state index in [1.54, 1.807) is 7.11 Å². The zero-order chi connectivity index (χ0) is 24.8. The summed E-state index contributed by atoms with van der Waals surface area (Å²) in [6, 6.07) is 28.4. The molecule has 2 atom stereocenters. The maximum Gasteiger partial charge on any atom is 0.217 e. The molecule has 0 aliphatic carbocycles. The van der Waals surface area contributed by atoms with E-state index in [2.05, 4.69) is 58.9 Å². The third-order valence-corrected chi connectivity index (χ3v) is 7.35. The van der Waals surface area contributed by atoms with Gasteiger partial charge in [0, 0.05) is 27.9 Å². The Bertz CT molecular complexity index is 1250. The van der Waals surface area contributed by atoms with Crippen LogP contribution in [0.5, 0.6) is 5.88 Å². The van der Waals surface area contributed by atoms with Crippen molar-refractivity contribution in [2.45, 2.75) is 31.8 Å². The topological polar surface area (TPSA) is 45.6 Å². The van der Waals surface area contributed by atoms with E-state index in [9.17, 15) is 5.11 Å². The average Bonchev–Trinajstić information content (AvgIpc) is 2.90. The molecule has 0 amide bonds. The molecule has 0 spiro atoms. The first-order chi connectivity index (χ1) is 17.0. The molecule has 5 heteroatoms. The van der Waals surface area contributed by atoms with Crippen LogP contribution in [0.4, 0.5) is 0 Å². The van der Waals surface area contributed by atoms with E-state index >= 15 is 0 Å². The van der Waals surface area contributed by atoms with E-state index in [1.165, 1.54) is 0 Å². The number of nitrogens with zero attached hydrogens (tertiary/aromatic N) is 2. The molecule has 182 valence electrons. The van der Waals surface area contributed by atoms with E-state index < -0.39 is 5.60 Å². The number of hydrogen-bond acceptors (Lipinski definition) is 4. The summed E-state index contributed by atoms with van der Waals surface area (Å²) >= 11 is 3.59. The Morgan fingerprint density at radius 1 is 0.943 bits per heavy atom. The van der Waals surface area contributed by atoms with Crippen LogP contribution in [-0.2, 0) is 5.60 Å². The van der Waals surface area contributed by atoms with Crippen molar-refractivity contribution in [1.82, 2.24) is 9.88 Å². The molecule has 0 saturated carbocycles. The first kappa shape index (κ1) is 25.4. The summed E-state index contributed by atoms with van der Waals surface area (Å²) in [5.74, 6) is 0.151. The number of hydrogen-bond donors (Lipinski definition) is 1. The Morgan fingerprint density at radius 2 is 1.60 bits per heavy atom. The van der Waals surface area contributed by atoms with E-state index in [1.807, 2.05) is 60.7 Å². The Morgan fingerprint density at radius 3 is 2.23 bits per heavy atom. The quantitative estimate of drug-likeness (QED) is 0.245. The summed E-state index contributed by atoms with van der Waals surface area (Å²) in [5, 5.41) is 13.7. The van der Waals surface area contributed by atoms with Gasteiger partial charge >= 0.3 is 0 Å². The van der Waals surface area contributed by atoms with Gasteiger partial charge < -0.3 is 14.7 Å². The second-order valence-electron chi connectivity index (χ2n) is 8.83. The smallest absolute Gasteiger partial charge is 0.217 e. The van der Waals surface area contributed by atoms with E-state index in [4.69, 9.17) is 9.72 Å². The number of aliphatic hydroxyl groups is 1. The van der Waals surface area contributed by atoms with Crippen LogP contribution < -0.4 is 4.74 Å². The monoisotopic (exact) mass is 532 g/mol. The second-order valence-corrected chi connectivity index (χ2v) is 9.75. The molecule has 4 nitrogen and oxygen atoms in total. The molecular formula is C30H33BrN2O2. The number of aromatic nitrogens is 1. The minimum atomic E-state index is -1.18. The van der Waals surface area contributed by atoms with Crippen LogP contribution in [0.3, 0.4) is 0 Å². The molecule has 3 aromatic carbocycles. The number of ether oxygens (including phenoxy) is 1. The van der Waals surface area contributed by atoms with Crippen LogP contribution in [0, 0.1) is 0 Å². The number of benzene rings is 3. The molecule has 1 heterocycles. The molecule has 35 heavy (non-hydrogen) atoms. The highest BCUT2D eigenvalue weighted by Crippen LogP contribution is 2.47. The van der Waals surface area contributed by atoms with Crippen molar-refractivity contribution in [3.05, 3.63) is 106 Å². The molecule has 0 radical (unpaired) electrons. The molecule has 0 aliphatic rings. The highest BCUT2D eigenvalue weighted by molar-refractivity contribution is 9.10. The largest absolute Gasteiger partial charge is 0.481 e. The van der Waals surface area contributed by atoms with Gasteiger partial charge in [0.15, 0.2) is 0 Å². The summed E-state index contributed by atoms with van der Waals surface area (Å²) in [6.45, 7) is 6.97. The molecule has 2 unspecified atom stereocenters. The van der Waals surface area contributed by atoms with Gasteiger partial charge in [-0.05, 0) is 54.9 Å². The molecule has 0 saturated heterocycles. The summed E-state index contributed by atoms with van der Waals surface area (Å²) in [6.07, 6.45) is 0.567. The minimum Gasteiger partial charge on any atom is -0.481 e. The second kappa shape index (κ2) is 11.3. The zero-order valence-corrected chi connectivity index (χ0v) is 22.2. The first-order valence-corrected chi connectivity index (χ1v) is 13.0. The van der Waals surface area contributed by atoms with Crippen molar-refractivity contribution in [3.63, 3.8) is 0 Å². The number of pyridine rings is 1. The summed E-state index contributed by atoms with van der Waals surface area (Å²) in [7, 11) is 1.65. The number of rotatable bonds is 10. The van der Waals surface area contributed by atoms with E-state index in [0.717, 1.165) is 51.7 Å². The number of methoxy groups -OCH3 is 1. The van der Waals surface area contributed by atoms with Crippen LogP contribution >= 0.6 is 15.9 Å². The van der Waals surface area contributed by atoms with Crippen molar-refractivity contribution in [1.29, 1.82) is 0 Å². The Labute approximate surface area is 216 Å². The van der Waals surface area contributed by atoms with Crippen LogP contribution in [0.25, 0.3) is 10.9 Å². The molecule has 1 N–H and O–H groups in total. The predicted molar refractivity (Wildman–Crippen MR) is 147 cm³/mol. The van der Waals surface area contributed by atoms with Gasteiger partial charge in [-0.25, -0.2) is 4.98 Å². The first-order valence-electron chi connectivity index (χ1n) is 12.2. The number of halogens is 1. The highest BCUT2D eigenvalue weighted by atomic mass is 79.9. The Hall–Kier alpha value is -2.73. The van der Waals surface area contributed by atoms with Crippen LogP contribution in [-0.4, -0.2) is 41.7 Å². The van der Waals surface area contributed by atoms with Gasteiger partial charge in [-0.15, -0.1) is 0 Å². The third kappa shape index (κ3) is 5.43. The average molecular weight is 534 g/mol. The minimum absolute atomic E-state index is 0.382. The molecule has 4 rings (SSSR count). The zero-order valence-electron chi connectivity index (χ0n) is 20.6. The Balaban J connectivity index is 1.97. The van der Waals surface area contributed by atoms with Crippen LogP contribution in [0.2, 0.25) is 0 Å². The van der Waals surface area contributed by atoms with Gasteiger partial charge in [0.05, 0.1) is 12.6 Å². The standard InChI is InChI=1S/C30H33BrN2O2/c1-4-33(5-2)19-18-30(34,24-14-10-7-11-15-24)28(22-12-8-6-9-13-22)26-21-23-20-25(31)16-17-27(23)32-29(26)35-3/h6-17,20-21,28,34H,4-5,18-19H2,1-3H3. The predicted octanol–water partition coefficient (Wildman–Crippen LogP) is 6.76. The van der Waals surface area contributed by atoms with Crippen LogP contribution in [0.15, 0.2) is 89.4 Å². The SMILES string of the molecule is CCN(CC)CCC(O)(c1ccccc1)C(c1ccccc1)c1cc2cc(Br)ccc2nc1OC. The number of fused-ring (bicyclic) bond motifs is 1. The van der Waals surface area contributed by atoms with Crippen molar-refractivity contribution in [2.24, 2.45) is 0 Å². The summed E-state index contributed by atoms with van der Waals surface area (Å²) in [5.41, 5.74) is 2.45. The van der Waals surface area contributed by atoms with Gasteiger partial charge in [-0.2, -0.15) is 0 Å². The molecular weight excluding hydrogens is 500 g/mol. The van der Waals surface area contributed by atoms with Gasteiger partial charge in [0.25, 0.3) is 0 Å². The lowest BCUT2D eigenvalue weighted by atomic mass is 9.71. The fourth-order valence-electron chi connectivity index (χ4n) is 4.92. The van der Waals surface area contributed by atoms with Crippen molar-refractivity contribution < 1.29 is 9.84 Å². The maximum atomic E-state index is 12.7. The van der Waals surface area contributed by atoms with Crippen LogP contribution in [0.1, 0.15) is 42.9 Å². The van der Waals surface area contributed by atoms with Crippen molar-refractivity contribution >= 4 is 26.8 Å². The lowest BCUT2D eigenvalue weighted by Crippen LogP contribution is -2.39. The third-order valence-electron chi connectivity index (χ3n) is 6.86.